The zero-order valence-corrected chi connectivity index (χ0v) is 15.8. The third kappa shape index (κ3) is 19.4. The molecule has 0 spiro atoms. The summed E-state index contributed by atoms with van der Waals surface area (Å²) >= 11 is 0. The van der Waals surface area contributed by atoms with Crippen molar-refractivity contribution in [3.8, 4) is 0 Å². The zero-order valence-electron chi connectivity index (χ0n) is 17.8. The lowest BCUT2D eigenvalue weighted by Crippen LogP contribution is -1.99. The van der Waals surface area contributed by atoms with E-state index in [0.29, 0.717) is 6.42 Å². The van der Waals surface area contributed by atoms with Gasteiger partial charge in [0.15, 0.2) is 0 Å². The quantitative estimate of drug-likeness (QED) is 0.196. The molecule has 0 unspecified atom stereocenters. The average Bonchev–Trinajstić information content (AvgIpc) is 2.60. The molecule has 2 heteroatoms. The molecule has 138 valence electrons. The molecule has 0 N–H and O–H groups in total. The number of esters is 1. The molecule has 0 aromatic rings. The third-order valence-corrected chi connectivity index (χ3v) is 4.44. The summed E-state index contributed by atoms with van der Waals surface area (Å²) in [5.41, 5.74) is 0. The topological polar surface area (TPSA) is 26.3 Å². The first kappa shape index (κ1) is 18.8. The van der Waals surface area contributed by atoms with E-state index in [1.54, 1.807) is 0 Å². The summed E-state index contributed by atoms with van der Waals surface area (Å²) in [5.74, 6) is -0.315. The van der Waals surface area contributed by atoms with Crippen molar-refractivity contribution < 1.29 is 12.3 Å². The van der Waals surface area contributed by atoms with Crippen LogP contribution in [0.15, 0.2) is 0 Å². The molecule has 0 atom stereocenters. The lowest BCUT2D eigenvalue weighted by molar-refractivity contribution is -0.140. The second kappa shape index (κ2) is 19.5. The van der Waals surface area contributed by atoms with E-state index in [1.165, 1.54) is 84.2 Å². The molecule has 0 amide bonds. The maximum atomic E-state index is 11.1. The van der Waals surface area contributed by atoms with Crippen LogP contribution in [0.4, 0.5) is 0 Å². The van der Waals surface area contributed by atoms with Gasteiger partial charge in [-0.05, 0) is 6.42 Å². The van der Waals surface area contributed by atoms with Gasteiger partial charge in [-0.1, -0.05) is 110 Å². The molecule has 0 saturated carbocycles. The van der Waals surface area contributed by atoms with Crippen LogP contribution in [-0.4, -0.2) is 13.1 Å². The summed E-state index contributed by atoms with van der Waals surface area (Å²) in [7, 11) is 1.35. The fourth-order valence-electron chi connectivity index (χ4n) is 2.86. The fourth-order valence-corrected chi connectivity index (χ4v) is 2.86. The fraction of sp³-hybridized carbons (Fsp3) is 0.952. The molecule has 0 radical (unpaired) electrons. The van der Waals surface area contributed by atoms with Crippen LogP contribution >= 0.6 is 0 Å². The van der Waals surface area contributed by atoms with Gasteiger partial charge in [0, 0.05) is 9.16 Å². The van der Waals surface area contributed by atoms with Crippen LogP contribution in [0.3, 0.4) is 0 Å². The number of carbonyl (C=O) groups is 1. The number of ether oxygens (including phenoxy) is 1. The van der Waals surface area contributed by atoms with Crippen LogP contribution in [0, 0.1) is 0 Å². The average molecular weight is 329 g/mol. The minimum atomic E-state index is -1.23. The Kier molecular flexibility index (Phi) is 16.0. The molecule has 0 rings (SSSR count). The van der Waals surface area contributed by atoms with Gasteiger partial charge in [0.1, 0.15) is 0 Å². The van der Waals surface area contributed by atoms with E-state index in [1.807, 2.05) is 0 Å². The van der Waals surface area contributed by atoms with Crippen molar-refractivity contribution in [2.75, 3.05) is 7.11 Å². The van der Waals surface area contributed by atoms with Gasteiger partial charge in [-0.15, -0.1) is 0 Å². The summed E-state index contributed by atoms with van der Waals surface area (Å²) in [4.78, 5) is 11.1. The van der Waals surface area contributed by atoms with Crippen molar-refractivity contribution in [1.29, 1.82) is 0 Å². The summed E-state index contributed by atoms with van der Waals surface area (Å²) in [6, 6.07) is 0. The van der Waals surface area contributed by atoms with Gasteiger partial charge in [0.05, 0.1) is 7.11 Å². The van der Waals surface area contributed by atoms with Gasteiger partial charge in [-0.3, -0.25) is 4.79 Å². The molecule has 0 aliphatic rings. The van der Waals surface area contributed by atoms with Crippen molar-refractivity contribution in [3.05, 3.63) is 0 Å². The molecule has 0 bridgehead atoms. The standard InChI is InChI=1S/C21H42O2/c1-3-4-5-6-7-8-9-10-11-12-13-14-15-16-17-18-19-20-21(22)23-2/h3-20H2,1-2H3/i18D2. The predicted octanol–water partition coefficient (Wildman–Crippen LogP) is 7.20. The van der Waals surface area contributed by atoms with Crippen molar-refractivity contribution in [1.82, 2.24) is 0 Å². The molecule has 2 nitrogen and oxygen atoms in total. The Balaban J connectivity index is 3.29. The second-order valence-corrected chi connectivity index (χ2v) is 6.67. The van der Waals surface area contributed by atoms with Crippen LogP contribution in [0.25, 0.3) is 0 Å². The number of carbonyl (C=O) groups excluding carboxylic acids is 1. The van der Waals surface area contributed by atoms with E-state index in [4.69, 9.17) is 2.74 Å². The van der Waals surface area contributed by atoms with Gasteiger partial charge < -0.3 is 4.74 Å². The van der Waals surface area contributed by atoms with E-state index in [-0.39, 0.29) is 18.8 Å². The number of unbranched alkanes of at least 4 members (excludes halogenated alkanes) is 13. The molecule has 23 heavy (non-hydrogen) atoms. The lowest BCUT2D eigenvalue weighted by Gasteiger charge is -2.03. The number of hydrogen-bond donors (Lipinski definition) is 0. The molecule has 0 heterocycles. The van der Waals surface area contributed by atoms with E-state index in [0.717, 1.165) is 12.8 Å². The third-order valence-electron chi connectivity index (χ3n) is 4.44. The summed E-state index contributed by atoms with van der Waals surface area (Å²) in [6.07, 6.45) is 18.1. The second-order valence-electron chi connectivity index (χ2n) is 6.67. The Bertz CT molecular complexity index is 306. The van der Waals surface area contributed by atoms with Crippen LogP contribution in [0.1, 0.15) is 125 Å². The van der Waals surface area contributed by atoms with Crippen molar-refractivity contribution in [3.63, 3.8) is 0 Å². The summed E-state index contributed by atoms with van der Waals surface area (Å²) in [5, 5.41) is 0. The largest absolute Gasteiger partial charge is 0.469 e. The number of methoxy groups -OCH3 is 1. The maximum Gasteiger partial charge on any atom is 0.305 e. The van der Waals surface area contributed by atoms with Gasteiger partial charge >= 0.3 is 5.97 Å². The molecule has 0 saturated heterocycles. The van der Waals surface area contributed by atoms with Gasteiger partial charge in [0.25, 0.3) is 0 Å². The molecule has 0 aromatic carbocycles. The van der Waals surface area contributed by atoms with Crippen LogP contribution in [-0.2, 0) is 9.53 Å². The smallest absolute Gasteiger partial charge is 0.305 e. The molecule has 0 aromatic heterocycles. The summed E-state index contributed by atoms with van der Waals surface area (Å²) < 4.78 is 20.4. The van der Waals surface area contributed by atoms with Gasteiger partial charge in [-0.25, -0.2) is 0 Å². The Labute approximate surface area is 148 Å². The highest BCUT2D eigenvalue weighted by Gasteiger charge is 1.99. The molecular formula is C21H42O2. The van der Waals surface area contributed by atoms with Gasteiger partial charge in [-0.2, -0.15) is 0 Å². The van der Waals surface area contributed by atoms with Crippen molar-refractivity contribution in [2.24, 2.45) is 0 Å². The molecule has 0 aliphatic heterocycles. The highest BCUT2D eigenvalue weighted by Crippen LogP contribution is 2.14. The van der Waals surface area contributed by atoms with Crippen molar-refractivity contribution >= 4 is 5.97 Å². The lowest BCUT2D eigenvalue weighted by atomic mass is 10.0. The summed E-state index contributed by atoms with van der Waals surface area (Å²) in [6.45, 7) is 2.27. The van der Waals surface area contributed by atoms with Crippen LogP contribution in [0.2, 0.25) is 0 Å². The van der Waals surface area contributed by atoms with Crippen molar-refractivity contribution in [2.45, 2.75) is 122 Å². The number of hydrogen-bond acceptors (Lipinski definition) is 2. The Hall–Kier alpha value is -0.530. The Morgan fingerprint density at radius 1 is 0.696 bits per heavy atom. The Morgan fingerprint density at radius 2 is 1.09 bits per heavy atom. The normalized spacial score (nSPS) is 12.8. The zero-order chi connectivity index (χ0) is 18.8. The minimum Gasteiger partial charge on any atom is -0.469 e. The van der Waals surface area contributed by atoms with E-state index >= 15 is 0 Å². The number of rotatable bonds is 18. The first-order valence-electron chi connectivity index (χ1n) is 11.1. The van der Waals surface area contributed by atoms with E-state index in [9.17, 15) is 4.79 Å². The van der Waals surface area contributed by atoms with E-state index in [2.05, 4.69) is 11.7 Å². The van der Waals surface area contributed by atoms with Crippen LogP contribution < -0.4 is 0 Å². The molecule has 0 fully saturated rings. The first-order chi connectivity index (χ1) is 12.0. The minimum absolute atomic E-state index is 0.183. The highest BCUT2D eigenvalue weighted by molar-refractivity contribution is 5.68. The van der Waals surface area contributed by atoms with Crippen LogP contribution in [0.5, 0.6) is 0 Å². The maximum absolute atomic E-state index is 11.1. The SMILES string of the molecule is [2H]C([2H])(CCCCCCCCCCCCCCCC)CCC(=O)OC. The Morgan fingerprint density at radius 3 is 1.48 bits per heavy atom. The molecule has 0 aliphatic carbocycles. The first-order valence-corrected chi connectivity index (χ1v) is 10.1. The highest BCUT2D eigenvalue weighted by atomic mass is 16.5. The monoisotopic (exact) mass is 328 g/mol. The molecular weight excluding hydrogens is 284 g/mol. The van der Waals surface area contributed by atoms with Gasteiger partial charge in [0.2, 0.25) is 0 Å². The van der Waals surface area contributed by atoms with E-state index < -0.39 is 6.37 Å². The predicted molar refractivity (Wildman–Crippen MR) is 101 cm³/mol.